The van der Waals surface area contributed by atoms with Gasteiger partial charge in [0, 0.05) is 28.5 Å². The van der Waals surface area contributed by atoms with Gasteiger partial charge in [-0.2, -0.15) is 0 Å². The van der Waals surface area contributed by atoms with Crippen molar-refractivity contribution in [3.8, 4) is 11.5 Å². The molecule has 1 fully saturated rings. The molecule has 140 valence electrons. The number of ether oxygens (including phenoxy) is 2. The molecule has 5 nitrogen and oxygen atoms in total. The van der Waals surface area contributed by atoms with Gasteiger partial charge in [-0.15, -0.1) is 11.3 Å². The average molecular weight is 383 g/mol. The number of carboxylic acids is 1. The molecule has 2 aliphatic heterocycles. The second-order valence-corrected chi connectivity index (χ2v) is 8.34. The van der Waals surface area contributed by atoms with Crippen LogP contribution in [0.25, 0.3) is 0 Å². The number of aliphatic carboxylic acids is 1. The Morgan fingerprint density at radius 1 is 1.33 bits per heavy atom. The molecule has 1 aromatic carbocycles. The van der Waals surface area contributed by atoms with Gasteiger partial charge in [-0.1, -0.05) is 17.6 Å². The van der Waals surface area contributed by atoms with Crippen molar-refractivity contribution < 1.29 is 19.4 Å². The maximum Gasteiger partial charge on any atom is 0.304 e. The zero-order valence-corrected chi connectivity index (χ0v) is 16.0. The summed E-state index contributed by atoms with van der Waals surface area (Å²) in [5.41, 5.74) is 2.08. The van der Waals surface area contributed by atoms with Crippen LogP contribution in [0.5, 0.6) is 11.5 Å². The summed E-state index contributed by atoms with van der Waals surface area (Å²) in [5.74, 6) is 0.983. The van der Waals surface area contributed by atoms with Crippen LogP contribution in [-0.4, -0.2) is 50.1 Å². The zero-order chi connectivity index (χ0) is 18.9. The molecular formula is C20H22BNO4S. The van der Waals surface area contributed by atoms with E-state index in [2.05, 4.69) is 11.0 Å². The molecular weight excluding hydrogens is 361 g/mol. The van der Waals surface area contributed by atoms with E-state index >= 15 is 0 Å². The van der Waals surface area contributed by atoms with Gasteiger partial charge < -0.3 is 19.5 Å². The molecule has 7 heteroatoms. The Kier molecular flexibility index (Phi) is 5.15. The Morgan fingerprint density at radius 3 is 2.85 bits per heavy atom. The summed E-state index contributed by atoms with van der Waals surface area (Å²) in [6.07, 6.45) is 2.19. The van der Waals surface area contributed by atoms with E-state index in [1.54, 1.807) is 11.3 Å². The largest absolute Gasteiger partial charge is 0.492 e. The van der Waals surface area contributed by atoms with E-state index in [1.165, 1.54) is 5.56 Å². The molecule has 4 rings (SSSR count). The molecule has 27 heavy (non-hydrogen) atoms. The highest BCUT2D eigenvalue weighted by molar-refractivity contribution is 7.10. The number of likely N-dealkylation sites (tertiary alicyclic amines) is 1. The third-order valence-corrected chi connectivity index (χ3v) is 6.47. The van der Waals surface area contributed by atoms with Crippen LogP contribution < -0.4 is 14.9 Å². The molecule has 2 aliphatic rings. The van der Waals surface area contributed by atoms with Crippen LogP contribution in [0.4, 0.5) is 0 Å². The third kappa shape index (κ3) is 3.99. The fourth-order valence-corrected chi connectivity index (χ4v) is 4.63. The molecule has 2 radical (unpaired) electrons. The first-order valence-corrected chi connectivity index (χ1v) is 10.1. The number of rotatable bonds is 6. The lowest BCUT2D eigenvalue weighted by Gasteiger charge is -2.38. The molecule has 2 aromatic rings. The van der Waals surface area contributed by atoms with Crippen molar-refractivity contribution in [3.63, 3.8) is 0 Å². The van der Waals surface area contributed by atoms with Gasteiger partial charge in [0.1, 0.15) is 26.0 Å². The molecule has 0 bridgehead atoms. The normalized spacial score (nSPS) is 18.2. The van der Waals surface area contributed by atoms with Crippen LogP contribution in [-0.2, 0) is 16.8 Å². The third-order valence-electron chi connectivity index (χ3n) is 5.54. The number of fused-ring (bicyclic) bond motifs is 2. The van der Waals surface area contributed by atoms with E-state index in [4.69, 9.17) is 22.4 Å². The molecule has 0 amide bonds. The number of hydrogen-bond donors (Lipinski definition) is 1. The predicted octanol–water partition coefficient (Wildman–Crippen LogP) is 2.32. The van der Waals surface area contributed by atoms with Crippen LogP contribution in [0.2, 0.25) is 0 Å². The molecule has 0 aliphatic carbocycles. The lowest BCUT2D eigenvalue weighted by Crippen LogP contribution is -2.44. The zero-order valence-electron chi connectivity index (χ0n) is 15.1. The van der Waals surface area contributed by atoms with Crippen LogP contribution in [0, 0.1) is 0 Å². The highest BCUT2D eigenvalue weighted by Gasteiger charge is 2.43. The number of benzene rings is 1. The van der Waals surface area contributed by atoms with Crippen molar-refractivity contribution in [3.05, 3.63) is 40.1 Å². The van der Waals surface area contributed by atoms with Gasteiger partial charge in [-0.3, -0.25) is 4.79 Å². The van der Waals surface area contributed by atoms with E-state index < -0.39 is 5.97 Å². The maximum absolute atomic E-state index is 10.8. The first kappa shape index (κ1) is 18.4. The lowest BCUT2D eigenvalue weighted by molar-refractivity contribution is -0.137. The second-order valence-electron chi connectivity index (χ2n) is 7.35. The fourth-order valence-electron chi connectivity index (χ4n) is 3.94. The van der Waals surface area contributed by atoms with Crippen molar-refractivity contribution in [2.24, 2.45) is 0 Å². The van der Waals surface area contributed by atoms with Gasteiger partial charge in [0.25, 0.3) is 0 Å². The molecule has 0 saturated carbocycles. The second kappa shape index (κ2) is 7.56. The quantitative estimate of drug-likeness (QED) is 0.776. The number of thiophene rings is 1. The molecule has 1 aromatic heterocycles. The summed E-state index contributed by atoms with van der Waals surface area (Å²) in [4.78, 5) is 14.1. The van der Waals surface area contributed by atoms with Gasteiger partial charge in [-0.05, 0) is 37.4 Å². The van der Waals surface area contributed by atoms with Gasteiger partial charge in [0.15, 0.2) is 0 Å². The minimum Gasteiger partial charge on any atom is -0.492 e. The van der Waals surface area contributed by atoms with Gasteiger partial charge in [0.2, 0.25) is 0 Å². The first-order valence-electron chi connectivity index (χ1n) is 9.21. The van der Waals surface area contributed by atoms with E-state index in [9.17, 15) is 4.79 Å². The van der Waals surface area contributed by atoms with Crippen LogP contribution in [0.15, 0.2) is 29.6 Å². The van der Waals surface area contributed by atoms with Crippen molar-refractivity contribution in [2.45, 2.75) is 31.3 Å². The summed E-state index contributed by atoms with van der Waals surface area (Å²) < 4.78 is 11.9. The maximum atomic E-state index is 10.8. The number of hydrogen-bond acceptors (Lipinski definition) is 5. The summed E-state index contributed by atoms with van der Waals surface area (Å²) >= 11 is 1.60. The topological polar surface area (TPSA) is 59.0 Å². The Bertz CT molecular complexity index is 829. The van der Waals surface area contributed by atoms with E-state index in [0.717, 1.165) is 47.8 Å². The Morgan fingerprint density at radius 2 is 2.15 bits per heavy atom. The monoisotopic (exact) mass is 383 g/mol. The molecule has 0 atom stereocenters. The van der Waals surface area contributed by atoms with Crippen molar-refractivity contribution in [2.75, 3.05) is 26.2 Å². The molecule has 3 heterocycles. The SMILES string of the molecule is [B]c1csc(COc2ccc3c(c2)OCC32CCN(CCC(=O)O)CC2)c1. The molecule has 1 N–H and O–H groups in total. The molecule has 1 spiro atoms. The van der Waals surface area contributed by atoms with Gasteiger partial charge >= 0.3 is 5.97 Å². The van der Waals surface area contributed by atoms with Crippen LogP contribution in [0.1, 0.15) is 29.7 Å². The molecule has 1 saturated heterocycles. The standard InChI is InChI=1S/C20H22BNO4S/c21-14-9-16(27-12-14)11-25-15-1-2-17-18(10-15)26-13-20(17)4-7-22(8-5-20)6-3-19(23)24/h1-2,9-10,12H,3-8,11,13H2,(H,23,24). The first-order chi connectivity index (χ1) is 13.0. The van der Waals surface area contributed by atoms with E-state index in [-0.39, 0.29) is 11.8 Å². The Labute approximate surface area is 164 Å². The summed E-state index contributed by atoms with van der Waals surface area (Å²) in [6.45, 7) is 3.64. The number of carbonyl (C=O) groups is 1. The highest BCUT2D eigenvalue weighted by atomic mass is 32.1. The van der Waals surface area contributed by atoms with Crippen molar-refractivity contribution >= 4 is 30.6 Å². The van der Waals surface area contributed by atoms with Crippen LogP contribution >= 0.6 is 11.3 Å². The van der Waals surface area contributed by atoms with E-state index in [1.807, 2.05) is 23.6 Å². The lowest BCUT2D eigenvalue weighted by atomic mass is 9.74. The van der Waals surface area contributed by atoms with Crippen molar-refractivity contribution in [1.82, 2.24) is 4.90 Å². The summed E-state index contributed by atoms with van der Waals surface area (Å²) in [5, 5.41) is 10.8. The smallest absolute Gasteiger partial charge is 0.304 e. The Balaban J connectivity index is 1.39. The van der Waals surface area contributed by atoms with E-state index in [0.29, 0.717) is 19.8 Å². The Hall–Kier alpha value is -1.99. The summed E-state index contributed by atoms with van der Waals surface area (Å²) in [7, 11) is 5.75. The number of nitrogens with zero attached hydrogens (tertiary/aromatic N) is 1. The van der Waals surface area contributed by atoms with Crippen molar-refractivity contribution in [1.29, 1.82) is 0 Å². The summed E-state index contributed by atoms with van der Waals surface area (Å²) in [6, 6.07) is 8.07. The van der Waals surface area contributed by atoms with Gasteiger partial charge in [0.05, 0.1) is 13.0 Å². The minimum absolute atomic E-state index is 0.0514. The average Bonchev–Trinajstić information content (AvgIpc) is 3.23. The fraction of sp³-hybridized carbons (Fsp3) is 0.450. The molecule has 0 unspecified atom stereocenters. The predicted molar refractivity (Wildman–Crippen MR) is 106 cm³/mol. The van der Waals surface area contributed by atoms with Crippen LogP contribution in [0.3, 0.4) is 0 Å². The van der Waals surface area contributed by atoms with Gasteiger partial charge in [-0.25, -0.2) is 0 Å². The minimum atomic E-state index is -0.734. The highest BCUT2D eigenvalue weighted by Crippen LogP contribution is 2.46. The number of carboxylic acid groups (broad SMARTS) is 1. The number of piperidine rings is 1.